The van der Waals surface area contributed by atoms with Crippen LogP contribution in [-0.2, 0) is 16.3 Å². The van der Waals surface area contributed by atoms with Gasteiger partial charge in [0.25, 0.3) is 0 Å². The van der Waals surface area contributed by atoms with E-state index >= 15 is 0 Å². The van der Waals surface area contributed by atoms with Gasteiger partial charge < -0.3 is 19.3 Å². The molecule has 9 nitrogen and oxygen atoms in total. The average Bonchev–Trinajstić information content (AvgIpc) is 3.14. The van der Waals surface area contributed by atoms with Gasteiger partial charge in [0.1, 0.15) is 5.75 Å². The number of carboxylic acid groups (broad SMARTS) is 1. The summed E-state index contributed by atoms with van der Waals surface area (Å²) in [5, 5.41) is 13.0. The number of amides is 1. The van der Waals surface area contributed by atoms with Crippen molar-refractivity contribution in [3.05, 3.63) is 36.0 Å². The number of hydrogen-bond acceptors (Lipinski definition) is 7. The number of sulfone groups is 1. The summed E-state index contributed by atoms with van der Waals surface area (Å²) < 4.78 is 33.8. The Balaban J connectivity index is 1.42. The predicted molar refractivity (Wildman–Crippen MR) is 99.2 cm³/mol. The standard InChI is InChI=1S/C18H23N3O6S/c1-28(24,25)15-6-4-14(5-7-15)26-12-2-3-16-19-17(20-27-16)13-8-10-21(11-9-13)18(22)23/h4-7,13H,2-3,8-12H2,1H3,(H,22,23). The summed E-state index contributed by atoms with van der Waals surface area (Å²) in [7, 11) is -3.21. The van der Waals surface area contributed by atoms with Gasteiger partial charge in [0.05, 0.1) is 11.5 Å². The van der Waals surface area contributed by atoms with Gasteiger partial charge in [-0.25, -0.2) is 13.2 Å². The van der Waals surface area contributed by atoms with Crippen molar-refractivity contribution < 1.29 is 27.6 Å². The van der Waals surface area contributed by atoms with Crippen LogP contribution in [0, 0.1) is 0 Å². The number of aryl methyl sites for hydroxylation is 1. The Morgan fingerprint density at radius 3 is 2.57 bits per heavy atom. The summed E-state index contributed by atoms with van der Waals surface area (Å²) >= 11 is 0. The zero-order chi connectivity index (χ0) is 20.1. The number of ether oxygens (including phenoxy) is 1. The first-order valence-corrected chi connectivity index (χ1v) is 11.0. The SMILES string of the molecule is CS(=O)(=O)c1ccc(OCCCc2nc(C3CCN(C(=O)O)CC3)no2)cc1. The molecule has 1 aliphatic rings. The van der Waals surface area contributed by atoms with Crippen LogP contribution in [0.5, 0.6) is 5.75 Å². The van der Waals surface area contributed by atoms with Crippen molar-refractivity contribution in [3.8, 4) is 5.75 Å². The van der Waals surface area contributed by atoms with Crippen LogP contribution >= 0.6 is 0 Å². The van der Waals surface area contributed by atoms with E-state index in [0.29, 0.717) is 62.8 Å². The maximum Gasteiger partial charge on any atom is 0.407 e. The number of piperidine rings is 1. The minimum atomic E-state index is -3.21. The monoisotopic (exact) mass is 409 g/mol. The first-order valence-electron chi connectivity index (χ1n) is 9.06. The van der Waals surface area contributed by atoms with Gasteiger partial charge in [0.2, 0.25) is 5.89 Å². The van der Waals surface area contributed by atoms with Gasteiger partial charge in [-0.1, -0.05) is 5.16 Å². The molecule has 0 bridgehead atoms. The van der Waals surface area contributed by atoms with Gasteiger partial charge in [-0.2, -0.15) is 4.98 Å². The predicted octanol–water partition coefficient (Wildman–Crippen LogP) is 2.34. The lowest BCUT2D eigenvalue weighted by molar-refractivity contribution is 0.131. The Hall–Kier alpha value is -2.62. The van der Waals surface area contributed by atoms with Gasteiger partial charge in [0.15, 0.2) is 15.7 Å². The second-order valence-corrected chi connectivity index (χ2v) is 8.80. The van der Waals surface area contributed by atoms with Crippen LogP contribution in [-0.4, -0.2) is 60.6 Å². The lowest BCUT2D eigenvalue weighted by atomic mass is 9.96. The summed E-state index contributed by atoms with van der Waals surface area (Å²) in [5.41, 5.74) is 0. The zero-order valence-electron chi connectivity index (χ0n) is 15.6. The second kappa shape index (κ2) is 8.59. The molecule has 1 aromatic heterocycles. The van der Waals surface area contributed by atoms with E-state index in [1.165, 1.54) is 17.0 Å². The van der Waals surface area contributed by atoms with Crippen LogP contribution < -0.4 is 4.74 Å². The summed E-state index contributed by atoms with van der Waals surface area (Å²) in [5.74, 6) is 1.89. The van der Waals surface area contributed by atoms with E-state index in [0.717, 1.165) is 6.26 Å². The lowest BCUT2D eigenvalue weighted by Gasteiger charge is -2.28. The molecule has 0 spiro atoms. The Morgan fingerprint density at radius 1 is 1.29 bits per heavy atom. The van der Waals surface area contributed by atoms with Gasteiger partial charge in [-0.05, 0) is 43.5 Å². The number of likely N-dealkylation sites (tertiary alicyclic amines) is 1. The average molecular weight is 409 g/mol. The quantitative estimate of drug-likeness (QED) is 0.691. The smallest absolute Gasteiger partial charge is 0.407 e. The first-order chi connectivity index (χ1) is 13.3. The first kappa shape index (κ1) is 20.1. The minimum absolute atomic E-state index is 0.123. The largest absolute Gasteiger partial charge is 0.494 e. The van der Waals surface area contributed by atoms with Crippen molar-refractivity contribution in [2.45, 2.75) is 36.5 Å². The molecule has 1 aromatic carbocycles. The second-order valence-electron chi connectivity index (χ2n) is 6.79. The van der Waals surface area contributed by atoms with Crippen LogP contribution in [0.2, 0.25) is 0 Å². The van der Waals surface area contributed by atoms with E-state index in [9.17, 15) is 13.2 Å². The molecule has 0 saturated carbocycles. The summed E-state index contributed by atoms with van der Waals surface area (Å²) in [6, 6.07) is 6.30. The Kier molecular flexibility index (Phi) is 6.18. The molecule has 1 fully saturated rings. The van der Waals surface area contributed by atoms with Crippen LogP contribution in [0.25, 0.3) is 0 Å². The molecule has 0 aliphatic carbocycles. The van der Waals surface area contributed by atoms with Crippen LogP contribution in [0.15, 0.2) is 33.7 Å². The fourth-order valence-electron chi connectivity index (χ4n) is 3.06. The summed E-state index contributed by atoms with van der Waals surface area (Å²) in [6.45, 7) is 1.40. The third-order valence-electron chi connectivity index (χ3n) is 4.67. The minimum Gasteiger partial charge on any atom is -0.494 e. The highest BCUT2D eigenvalue weighted by molar-refractivity contribution is 7.90. The molecule has 2 heterocycles. The van der Waals surface area contributed by atoms with E-state index in [1.54, 1.807) is 12.1 Å². The Labute approximate surface area is 163 Å². The van der Waals surface area contributed by atoms with Crippen molar-refractivity contribution >= 4 is 15.9 Å². The topological polar surface area (TPSA) is 123 Å². The highest BCUT2D eigenvalue weighted by Gasteiger charge is 2.26. The lowest BCUT2D eigenvalue weighted by Crippen LogP contribution is -2.37. The number of nitrogens with zero attached hydrogens (tertiary/aromatic N) is 3. The van der Waals surface area contributed by atoms with E-state index in [-0.39, 0.29) is 10.8 Å². The fraction of sp³-hybridized carbons (Fsp3) is 0.500. The molecule has 1 amide bonds. The number of aromatic nitrogens is 2. The molecule has 0 unspecified atom stereocenters. The van der Waals surface area contributed by atoms with Crippen molar-refractivity contribution in [3.63, 3.8) is 0 Å². The van der Waals surface area contributed by atoms with Gasteiger partial charge in [0, 0.05) is 31.7 Å². The Morgan fingerprint density at radius 2 is 1.96 bits per heavy atom. The van der Waals surface area contributed by atoms with Crippen LogP contribution in [0.4, 0.5) is 4.79 Å². The Bertz CT molecular complexity index is 902. The van der Waals surface area contributed by atoms with E-state index in [1.807, 2.05) is 0 Å². The van der Waals surface area contributed by atoms with Crippen molar-refractivity contribution in [2.75, 3.05) is 26.0 Å². The molecule has 1 N–H and O–H groups in total. The van der Waals surface area contributed by atoms with Crippen molar-refractivity contribution in [1.29, 1.82) is 0 Å². The molecule has 3 rings (SSSR count). The summed E-state index contributed by atoms with van der Waals surface area (Å²) in [4.78, 5) is 17.0. The molecule has 0 radical (unpaired) electrons. The van der Waals surface area contributed by atoms with Gasteiger partial charge in [-0.15, -0.1) is 0 Å². The molecular weight excluding hydrogens is 386 g/mol. The number of rotatable bonds is 7. The third kappa shape index (κ3) is 5.22. The normalized spacial score (nSPS) is 15.5. The number of benzene rings is 1. The molecule has 2 aromatic rings. The van der Waals surface area contributed by atoms with E-state index < -0.39 is 15.9 Å². The number of carbonyl (C=O) groups is 1. The maximum absolute atomic E-state index is 11.4. The molecule has 0 atom stereocenters. The third-order valence-corrected chi connectivity index (χ3v) is 5.80. The molecule has 152 valence electrons. The number of hydrogen-bond donors (Lipinski definition) is 1. The van der Waals surface area contributed by atoms with E-state index in [4.69, 9.17) is 14.4 Å². The fourth-order valence-corrected chi connectivity index (χ4v) is 3.69. The molecule has 1 saturated heterocycles. The maximum atomic E-state index is 11.4. The molecular formula is C18H23N3O6S. The van der Waals surface area contributed by atoms with Crippen LogP contribution in [0.1, 0.15) is 36.9 Å². The van der Waals surface area contributed by atoms with Crippen molar-refractivity contribution in [2.24, 2.45) is 0 Å². The molecule has 10 heteroatoms. The highest BCUT2D eigenvalue weighted by Crippen LogP contribution is 2.26. The summed E-state index contributed by atoms with van der Waals surface area (Å²) in [6.07, 6.45) is 2.90. The molecule has 28 heavy (non-hydrogen) atoms. The van der Waals surface area contributed by atoms with Gasteiger partial charge in [-0.3, -0.25) is 0 Å². The van der Waals surface area contributed by atoms with Gasteiger partial charge >= 0.3 is 6.09 Å². The van der Waals surface area contributed by atoms with E-state index in [2.05, 4.69) is 10.1 Å². The zero-order valence-corrected chi connectivity index (χ0v) is 16.4. The van der Waals surface area contributed by atoms with Crippen molar-refractivity contribution in [1.82, 2.24) is 15.0 Å². The van der Waals surface area contributed by atoms with Crippen LogP contribution in [0.3, 0.4) is 0 Å². The molecule has 1 aliphatic heterocycles. The highest BCUT2D eigenvalue weighted by atomic mass is 32.2.